The Morgan fingerprint density at radius 3 is 2.13 bits per heavy atom. The van der Waals surface area contributed by atoms with Gasteiger partial charge in [0.2, 0.25) is 0 Å². The Morgan fingerprint density at radius 2 is 1.39 bits per heavy atom. The Bertz CT molecular complexity index is 1190. The molecule has 0 N–H and O–H groups in total. The predicted molar refractivity (Wildman–Crippen MR) is 138 cm³/mol. The molecule has 2 atom stereocenters. The minimum atomic E-state index is -1.79. The zero-order chi connectivity index (χ0) is 21.8. The lowest BCUT2D eigenvalue weighted by Crippen LogP contribution is -2.43. The van der Waals surface area contributed by atoms with Crippen LogP contribution in [0.5, 0.6) is 0 Å². The summed E-state index contributed by atoms with van der Waals surface area (Å²) in [5, 5.41) is 0. The van der Waals surface area contributed by atoms with Gasteiger partial charge >= 0.3 is 0 Å². The van der Waals surface area contributed by atoms with Crippen molar-refractivity contribution in [3.8, 4) is 11.1 Å². The van der Waals surface area contributed by atoms with Crippen molar-refractivity contribution in [1.82, 2.24) is 0 Å². The van der Waals surface area contributed by atoms with Crippen LogP contribution < -0.4 is 0 Å². The van der Waals surface area contributed by atoms with E-state index in [9.17, 15) is 0 Å². The van der Waals surface area contributed by atoms with Crippen LogP contribution in [0, 0.1) is 5.92 Å². The van der Waals surface area contributed by atoms with E-state index in [0.29, 0.717) is 17.0 Å². The highest BCUT2D eigenvalue weighted by atomic mass is 28.3. The molecule has 3 aromatic rings. The van der Waals surface area contributed by atoms with Gasteiger partial charge in [0, 0.05) is 11.1 Å². The van der Waals surface area contributed by atoms with E-state index in [2.05, 4.69) is 119 Å². The first-order chi connectivity index (χ1) is 14.9. The molecule has 0 aliphatic heterocycles. The van der Waals surface area contributed by atoms with Crippen LogP contribution >= 0.6 is 0 Å². The number of benzene rings is 3. The van der Waals surface area contributed by atoms with Gasteiger partial charge < -0.3 is 0 Å². The topological polar surface area (TPSA) is 0 Å². The second-order valence-corrected chi connectivity index (χ2v) is 15.0. The third-order valence-corrected chi connectivity index (χ3v) is 11.9. The highest BCUT2D eigenvalue weighted by Crippen LogP contribution is 2.54. The van der Waals surface area contributed by atoms with E-state index in [4.69, 9.17) is 0 Å². The molecule has 0 radical (unpaired) electrons. The van der Waals surface area contributed by atoms with Crippen LogP contribution in [0.25, 0.3) is 23.3 Å². The molecule has 156 valence electrons. The number of hydrogen-bond acceptors (Lipinski definition) is 0. The second kappa shape index (κ2) is 7.49. The molecule has 2 aliphatic rings. The van der Waals surface area contributed by atoms with Gasteiger partial charge in [-0.3, -0.25) is 0 Å². The molecule has 31 heavy (non-hydrogen) atoms. The molecule has 0 aromatic heterocycles. The van der Waals surface area contributed by atoms with Gasteiger partial charge in [0.15, 0.2) is 0 Å². The molecule has 0 fully saturated rings. The maximum absolute atomic E-state index is 2.63. The molecular formula is C30H32Si. The first-order valence-corrected chi connectivity index (χ1v) is 14.7. The largest absolute Gasteiger partial charge is 0.0722 e. The summed E-state index contributed by atoms with van der Waals surface area (Å²) < 4.78 is 0. The van der Waals surface area contributed by atoms with Crippen molar-refractivity contribution in [2.45, 2.75) is 44.9 Å². The Balaban J connectivity index is 1.68. The fraction of sp³-hybridized carbons (Fsp3) is 0.267. The number of fused-ring (bicyclic) bond motifs is 2. The monoisotopic (exact) mass is 420 g/mol. The lowest BCUT2D eigenvalue weighted by Gasteiger charge is -2.40. The predicted octanol–water partition coefficient (Wildman–Crippen LogP) is 8.48. The fourth-order valence-electron chi connectivity index (χ4n) is 6.26. The first-order valence-electron chi connectivity index (χ1n) is 11.6. The van der Waals surface area contributed by atoms with Gasteiger partial charge in [-0.05, 0) is 46.2 Å². The summed E-state index contributed by atoms with van der Waals surface area (Å²) in [7, 11) is -1.79. The third kappa shape index (κ3) is 3.18. The first kappa shape index (κ1) is 20.3. The van der Waals surface area contributed by atoms with Crippen molar-refractivity contribution in [2.75, 3.05) is 0 Å². The van der Waals surface area contributed by atoms with Crippen molar-refractivity contribution < 1.29 is 0 Å². The van der Waals surface area contributed by atoms with E-state index in [1.807, 2.05) is 0 Å². The number of allylic oxidation sites excluding steroid dienone is 2. The quantitative estimate of drug-likeness (QED) is 0.371. The lowest BCUT2D eigenvalue weighted by molar-refractivity contribution is 0.731. The van der Waals surface area contributed by atoms with Gasteiger partial charge in [0.25, 0.3) is 0 Å². The Morgan fingerprint density at radius 1 is 0.710 bits per heavy atom. The SMILES string of the molecule is CC1=Cc2ccccc2C1[Si](C)(C)C1C(C(C)C)=Cc2c(-c3ccccc3)cccc21. The molecule has 2 aliphatic carbocycles. The Hall–Kier alpha value is -2.64. The van der Waals surface area contributed by atoms with Crippen LogP contribution in [0.4, 0.5) is 0 Å². The van der Waals surface area contributed by atoms with Crippen molar-refractivity contribution in [1.29, 1.82) is 0 Å². The molecule has 0 heterocycles. The third-order valence-electron chi connectivity index (χ3n) is 7.48. The van der Waals surface area contributed by atoms with Crippen LogP contribution in [0.15, 0.2) is 83.9 Å². The van der Waals surface area contributed by atoms with Crippen LogP contribution in [0.3, 0.4) is 0 Å². The summed E-state index contributed by atoms with van der Waals surface area (Å²) >= 11 is 0. The second-order valence-electron chi connectivity index (χ2n) is 10.2. The lowest BCUT2D eigenvalue weighted by atomic mass is 9.97. The van der Waals surface area contributed by atoms with Gasteiger partial charge in [-0.1, -0.05) is 123 Å². The highest BCUT2D eigenvalue weighted by molar-refractivity contribution is 6.81. The van der Waals surface area contributed by atoms with Gasteiger partial charge in [0.05, 0.1) is 8.07 Å². The van der Waals surface area contributed by atoms with Crippen molar-refractivity contribution >= 4 is 20.2 Å². The highest BCUT2D eigenvalue weighted by Gasteiger charge is 2.48. The van der Waals surface area contributed by atoms with Gasteiger partial charge in [-0.2, -0.15) is 0 Å². The molecular weight excluding hydrogens is 388 g/mol. The molecule has 5 rings (SSSR count). The minimum Gasteiger partial charge on any atom is -0.0679 e. The van der Waals surface area contributed by atoms with E-state index in [0.717, 1.165) is 0 Å². The molecule has 0 spiro atoms. The molecule has 0 saturated carbocycles. The summed E-state index contributed by atoms with van der Waals surface area (Å²) in [4.78, 5) is 0. The molecule has 0 bridgehead atoms. The van der Waals surface area contributed by atoms with Crippen molar-refractivity contribution in [3.05, 3.63) is 106 Å². The average Bonchev–Trinajstić information content (AvgIpc) is 3.32. The number of rotatable bonds is 4. The van der Waals surface area contributed by atoms with E-state index >= 15 is 0 Å². The smallest absolute Gasteiger partial charge is 0.0679 e. The van der Waals surface area contributed by atoms with Crippen molar-refractivity contribution in [3.63, 3.8) is 0 Å². The van der Waals surface area contributed by atoms with Crippen LogP contribution in [0.2, 0.25) is 13.1 Å². The molecule has 0 amide bonds. The summed E-state index contributed by atoms with van der Waals surface area (Å²) in [5.41, 5.74) is 13.0. The molecule has 0 nitrogen and oxygen atoms in total. The standard InChI is InChI=1S/C30H32Si/c1-20(2)27-19-28-24(22-12-7-6-8-13-22)16-11-17-26(28)30(27)31(4,5)29-21(3)18-23-14-9-10-15-25(23)29/h6-20,29-30H,1-5H3. The zero-order valence-electron chi connectivity index (χ0n) is 19.3. The molecule has 0 saturated heterocycles. The van der Waals surface area contributed by atoms with Crippen LogP contribution in [-0.2, 0) is 0 Å². The summed E-state index contributed by atoms with van der Waals surface area (Å²) in [6, 6.07) is 26.9. The van der Waals surface area contributed by atoms with Gasteiger partial charge in [-0.25, -0.2) is 0 Å². The molecule has 2 unspecified atom stereocenters. The fourth-order valence-corrected chi connectivity index (χ4v) is 11.2. The summed E-state index contributed by atoms with van der Waals surface area (Å²) in [6.07, 6.45) is 4.98. The normalized spacial score (nSPS) is 19.8. The Kier molecular flexibility index (Phi) is 4.90. The molecule has 1 heteroatoms. The van der Waals surface area contributed by atoms with Crippen LogP contribution in [0.1, 0.15) is 54.1 Å². The zero-order valence-corrected chi connectivity index (χ0v) is 20.3. The molecule has 3 aromatic carbocycles. The van der Waals surface area contributed by atoms with E-state index < -0.39 is 8.07 Å². The van der Waals surface area contributed by atoms with E-state index in [1.54, 1.807) is 22.3 Å². The maximum Gasteiger partial charge on any atom is 0.0722 e. The van der Waals surface area contributed by atoms with Crippen molar-refractivity contribution in [2.24, 2.45) is 5.92 Å². The maximum atomic E-state index is 2.63. The van der Waals surface area contributed by atoms with Gasteiger partial charge in [0.1, 0.15) is 0 Å². The van der Waals surface area contributed by atoms with Gasteiger partial charge in [-0.15, -0.1) is 0 Å². The average molecular weight is 421 g/mol. The Labute approximate surface area is 188 Å². The van der Waals surface area contributed by atoms with E-state index in [1.165, 1.54) is 22.3 Å². The number of hydrogen-bond donors (Lipinski definition) is 0. The van der Waals surface area contributed by atoms with E-state index in [-0.39, 0.29) is 0 Å². The van der Waals surface area contributed by atoms with Crippen LogP contribution in [-0.4, -0.2) is 8.07 Å². The summed E-state index contributed by atoms with van der Waals surface area (Å²) in [6.45, 7) is 12.4. The summed E-state index contributed by atoms with van der Waals surface area (Å²) in [5.74, 6) is 0.550. The minimum absolute atomic E-state index is 0.547.